The average molecular weight is 455 g/mol. The van der Waals surface area contributed by atoms with Crippen molar-refractivity contribution in [1.82, 2.24) is 4.98 Å². The van der Waals surface area contributed by atoms with Gasteiger partial charge in [-0.1, -0.05) is 11.6 Å². The van der Waals surface area contributed by atoms with Crippen LogP contribution in [0.25, 0.3) is 0 Å². The number of hydrogen-bond donors (Lipinski definition) is 1. The van der Waals surface area contributed by atoms with Gasteiger partial charge in [-0.15, -0.1) is 11.3 Å². The summed E-state index contributed by atoms with van der Waals surface area (Å²) in [5.41, 5.74) is 1.34. The molecule has 0 aliphatic rings. The maximum absolute atomic E-state index is 11.7. The SMILES string of the molecule is CCOC(=O)c1cc(Br)c(NCc2cnc(Cl)s2)c(Br)c1. The van der Waals surface area contributed by atoms with Crippen LogP contribution in [0.1, 0.15) is 22.2 Å². The van der Waals surface area contributed by atoms with E-state index in [0.717, 1.165) is 19.5 Å². The normalized spacial score (nSPS) is 10.5. The molecule has 0 unspecified atom stereocenters. The number of esters is 1. The Kier molecular flexibility index (Phi) is 6.04. The molecule has 1 heterocycles. The van der Waals surface area contributed by atoms with Crippen LogP contribution in [0.15, 0.2) is 27.3 Å². The molecule has 0 bridgehead atoms. The fourth-order valence-corrected chi connectivity index (χ4v) is 4.00. The molecule has 0 aliphatic carbocycles. The van der Waals surface area contributed by atoms with E-state index in [1.807, 2.05) is 0 Å². The third-order valence-electron chi connectivity index (χ3n) is 2.52. The molecule has 0 saturated carbocycles. The molecule has 1 aromatic carbocycles. The summed E-state index contributed by atoms with van der Waals surface area (Å²) in [6.07, 6.45) is 1.73. The third-order valence-corrected chi connectivity index (χ3v) is 4.88. The molecule has 0 amide bonds. The van der Waals surface area contributed by atoms with Crippen molar-refractivity contribution in [2.45, 2.75) is 13.5 Å². The first-order valence-corrected chi connectivity index (χ1v) is 8.79. The van der Waals surface area contributed by atoms with Crippen molar-refractivity contribution in [2.75, 3.05) is 11.9 Å². The number of halogens is 3. The van der Waals surface area contributed by atoms with E-state index in [2.05, 4.69) is 42.2 Å². The Morgan fingerprint density at radius 3 is 2.62 bits per heavy atom. The molecular weight excluding hydrogens is 443 g/mol. The third kappa shape index (κ3) is 4.42. The summed E-state index contributed by atoms with van der Waals surface area (Å²) in [5, 5.41) is 3.27. The fraction of sp³-hybridized carbons (Fsp3) is 0.231. The maximum atomic E-state index is 11.7. The van der Waals surface area contributed by atoms with Crippen LogP contribution in [-0.4, -0.2) is 17.6 Å². The Bertz CT molecular complexity index is 640. The zero-order valence-corrected chi connectivity index (χ0v) is 15.7. The van der Waals surface area contributed by atoms with E-state index in [1.54, 1.807) is 25.3 Å². The number of benzene rings is 1. The highest BCUT2D eigenvalue weighted by Gasteiger charge is 2.13. The van der Waals surface area contributed by atoms with Crippen LogP contribution in [0.2, 0.25) is 4.47 Å². The Balaban J connectivity index is 2.15. The van der Waals surface area contributed by atoms with E-state index in [9.17, 15) is 4.79 Å². The smallest absolute Gasteiger partial charge is 0.338 e. The van der Waals surface area contributed by atoms with E-state index >= 15 is 0 Å². The molecule has 0 spiro atoms. The van der Waals surface area contributed by atoms with Gasteiger partial charge in [-0.25, -0.2) is 9.78 Å². The second kappa shape index (κ2) is 7.58. The molecular formula is C13H11Br2ClN2O2S. The van der Waals surface area contributed by atoms with Crippen molar-refractivity contribution in [1.29, 1.82) is 0 Å². The van der Waals surface area contributed by atoms with Crippen LogP contribution in [0.4, 0.5) is 5.69 Å². The molecule has 21 heavy (non-hydrogen) atoms. The molecule has 2 aromatic rings. The van der Waals surface area contributed by atoms with E-state index in [4.69, 9.17) is 16.3 Å². The van der Waals surface area contributed by atoms with Crippen molar-refractivity contribution < 1.29 is 9.53 Å². The predicted molar refractivity (Wildman–Crippen MR) is 92.2 cm³/mol. The zero-order chi connectivity index (χ0) is 15.4. The van der Waals surface area contributed by atoms with Crippen LogP contribution in [0.3, 0.4) is 0 Å². The van der Waals surface area contributed by atoms with Gasteiger partial charge in [0.25, 0.3) is 0 Å². The van der Waals surface area contributed by atoms with Crippen molar-refractivity contribution in [3.63, 3.8) is 0 Å². The second-order valence-electron chi connectivity index (χ2n) is 3.97. The number of aromatic nitrogens is 1. The summed E-state index contributed by atoms with van der Waals surface area (Å²) in [5.74, 6) is -0.348. The molecule has 0 fully saturated rings. The zero-order valence-electron chi connectivity index (χ0n) is 11.0. The minimum Gasteiger partial charge on any atom is -0.462 e. The van der Waals surface area contributed by atoms with Crippen LogP contribution < -0.4 is 5.32 Å². The lowest BCUT2D eigenvalue weighted by Gasteiger charge is -2.12. The quantitative estimate of drug-likeness (QED) is 0.638. The number of carbonyl (C=O) groups excluding carboxylic acids is 1. The highest BCUT2D eigenvalue weighted by Crippen LogP contribution is 2.33. The van der Waals surface area contributed by atoms with Gasteiger partial charge in [-0.2, -0.15) is 0 Å². The predicted octanol–water partition coefficient (Wildman–Crippen LogP) is 5.11. The number of hydrogen-bond acceptors (Lipinski definition) is 5. The van der Waals surface area contributed by atoms with Crippen LogP contribution in [0, 0.1) is 0 Å². The lowest BCUT2D eigenvalue weighted by atomic mass is 10.2. The van der Waals surface area contributed by atoms with Crippen molar-refractivity contribution in [3.05, 3.63) is 42.2 Å². The summed E-state index contributed by atoms with van der Waals surface area (Å²) in [4.78, 5) is 16.7. The Morgan fingerprint density at radius 1 is 1.43 bits per heavy atom. The van der Waals surface area contributed by atoms with Crippen LogP contribution in [-0.2, 0) is 11.3 Å². The number of ether oxygens (including phenoxy) is 1. The molecule has 0 aliphatic heterocycles. The minimum absolute atomic E-state index is 0.347. The number of nitrogens with zero attached hydrogens (tertiary/aromatic N) is 1. The summed E-state index contributed by atoms with van der Waals surface area (Å²) >= 11 is 14.1. The van der Waals surface area contributed by atoms with E-state index in [1.165, 1.54) is 11.3 Å². The van der Waals surface area contributed by atoms with Gasteiger partial charge in [0.15, 0.2) is 4.47 Å². The molecule has 1 aromatic heterocycles. The summed E-state index contributed by atoms with van der Waals surface area (Å²) in [7, 11) is 0. The molecule has 1 N–H and O–H groups in total. The number of rotatable bonds is 5. The van der Waals surface area contributed by atoms with Crippen molar-refractivity contribution in [2.24, 2.45) is 0 Å². The van der Waals surface area contributed by atoms with Gasteiger partial charge in [0, 0.05) is 20.0 Å². The van der Waals surface area contributed by atoms with Gasteiger partial charge in [0.1, 0.15) is 0 Å². The monoisotopic (exact) mass is 452 g/mol. The van der Waals surface area contributed by atoms with Gasteiger partial charge in [-0.05, 0) is 50.9 Å². The molecule has 112 valence electrons. The van der Waals surface area contributed by atoms with Gasteiger partial charge in [0.2, 0.25) is 0 Å². The van der Waals surface area contributed by atoms with Crippen LogP contribution in [0.5, 0.6) is 0 Å². The maximum Gasteiger partial charge on any atom is 0.338 e. The molecule has 8 heteroatoms. The molecule has 0 radical (unpaired) electrons. The Hall–Kier alpha value is -0.630. The van der Waals surface area contributed by atoms with E-state index < -0.39 is 0 Å². The molecule has 4 nitrogen and oxygen atoms in total. The number of thiazole rings is 1. The highest BCUT2D eigenvalue weighted by atomic mass is 79.9. The fourth-order valence-electron chi connectivity index (χ4n) is 1.62. The first kappa shape index (κ1) is 16.7. The van der Waals surface area contributed by atoms with Crippen LogP contribution >= 0.6 is 54.8 Å². The van der Waals surface area contributed by atoms with Crippen molar-refractivity contribution in [3.8, 4) is 0 Å². The summed E-state index contributed by atoms with van der Waals surface area (Å²) in [6, 6.07) is 3.45. The topological polar surface area (TPSA) is 51.2 Å². The minimum atomic E-state index is -0.348. The first-order chi connectivity index (χ1) is 10.0. The number of nitrogens with one attached hydrogen (secondary N) is 1. The number of carbonyl (C=O) groups is 1. The van der Waals surface area contributed by atoms with Gasteiger partial charge < -0.3 is 10.1 Å². The molecule has 2 rings (SSSR count). The van der Waals surface area contributed by atoms with Gasteiger partial charge in [-0.3, -0.25) is 0 Å². The largest absolute Gasteiger partial charge is 0.462 e. The van der Waals surface area contributed by atoms with E-state index in [0.29, 0.717) is 23.2 Å². The summed E-state index contributed by atoms with van der Waals surface area (Å²) in [6.45, 7) is 2.72. The standard InChI is InChI=1S/C13H11Br2ClN2O2S/c1-2-20-12(19)7-3-9(14)11(10(15)4-7)17-5-8-6-18-13(16)21-8/h3-4,6,17H,2,5H2,1H3. The first-order valence-electron chi connectivity index (χ1n) is 6.01. The van der Waals surface area contributed by atoms with Gasteiger partial charge in [0.05, 0.1) is 24.4 Å². The second-order valence-corrected chi connectivity index (χ2v) is 7.37. The Morgan fingerprint density at radius 2 is 2.10 bits per heavy atom. The Labute approximate surface area is 148 Å². The molecule has 0 saturated heterocycles. The molecule has 0 atom stereocenters. The van der Waals surface area contributed by atoms with E-state index in [-0.39, 0.29) is 5.97 Å². The summed E-state index contributed by atoms with van der Waals surface area (Å²) < 4.78 is 7.05. The average Bonchev–Trinajstić information content (AvgIpc) is 2.83. The number of anilines is 1. The van der Waals surface area contributed by atoms with Gasteiger partial charge >= 0.3 is 5.97 Å². The lowest BCUT2D eigenvalue weighted by Crippen LogP contribution is -2.06. The highest BCUT2D eigenvalue weighted by molar-refractivity contribution is 9.11. The van der Waals surface area contributed by atoms with Crippen molar-refractivity contribution >= 4 is 66.5 Å². The lowest BCUT2D eigenvalue weighted by molar-refractivity contribution is 0.0526.